The monoisotopic (exact) mass is 300 g/mol. The Bertz CT molecular complexity index is 703. The van der Waals surface area contributed by atoms with E-state index in [9.17, 15) is 8.42 Å². The maximum atomic E-state index is 12.3. The third-order valence-electron chi connectivity index (χ3n) is 2.67. The lowest BCUT2D eigenvalue weighted by atomic mass is 10.2. The summed E-state index contributed by atoms with van der Waals surface area (Å²) in [5, 5.41) is 4.20. The van der Waals surface area contributed by atoms with E-state index in [-0.39, 0.29) is 10.7 Å². The molecule has 1 heterocycles. The van der Waals surface area contributed by atoms with Crippen LogP contribution in [0.25, 0.3) is 0 Å². The van der Waals surface area contributed by atoms with Gasteiger partial charge in [-0.2, -0.15) is 0 Å². The number of hydrogen-bond donors (Lipinski definition) is 1. The molecule has 0 unspecified atom stereocenters. The minimum atomic E-state index is -3.72. The number of aryl methyl sites for hydroxylation is 3. The van der Waals surface area contributed by atoms with Gasteiger partial charge in [-0.15, -0.1) is 0 Å². The first-order valence-corrected chi connectivity index (χ1v) is 7.39. The Labute approximate surface area is 116 Å². The van der Waals surface area contributed by atoms with Gasteiger partial charge in [-0.1, -0.05) is 16.8 Å². The fraction of sp³-hybridized carbons (Fsp3) is 0.250. The summed E-state index contributed by atoms with van der Waals surface area (Å²) in [7, 11) is -3.72. The molecule has 1 aromatic heterocycles. The van der Waals surface area contributed by atoms with Crippen LogP contribution in [0.1, 0.15) is 17.0 Å². The summed E-state index contributed by atoms with van der Waals surface area (Å²) < 4.78 is 32.0. The van der Waals surface area contributed by atoms with Crippen molar-refractivity contribution in [2.45, 2.75) is 25.7 Å². The average molecular weight is 301 g/mol. The van der Waals surface area contributed by atoms with Gasteiger partial charge in [0.2, 0.25) is 0 Å². The molecule has 0 amide bonds. The first kappa shape index (κ1) is 13.9. The molecular formula is C12H13ClN2O3S. The summed E-state index contributed by atoms with van der Waals surface area (Å²) in [6, 6.07) is 4.93. The van der Waals surface area contributed by atoms with Crippen molar-refractivity contribution in [2.24, 2.45) is 0 Å². The number of benzene rings is 1. The Balaban J connectivity index is 2.42. The smallest absolute Gasteiger partial charge is 0.267 e. The molecule has 5 nitrogen and oxygen atoms in total. The van der Waals surface area contributed by atoms with E-state index in [2.05, 4.69) is 9.88 Å². The van der Waals surface area contributed by atoms with Crippen LogP contribution in [0.5, 0.6) is 0 Å². The number of nitrogens with zero attached hydrogens (tertiary/aromatic N) is 1. The van der Waals surface area contributed by atoms with Crippen LogP contribution in [0.15, 0.2) is 27.6 Å². The number of rotatable bonds is 3. The van der Waals surface area contributed by atoms with Crippen molar-refractivity contribution in [1.82, 2.24) is 5.16 Å². The van der Waals surface area contributed by atoms with Crippen molar-refractivity contribution >= 4 is 27.3 Å². The lowest BCUT2D eigenvalue weighted by Crippen LogP contribution is -2.15. The Morgan fingerprint density at radius 1 is 1.26 bits per heavy atom. The minimum absolute atomic E-state index is 0.0712. The van der Waals surface area contributed by atoms with Crippen molar-refractivity contribution in [1.29, 1.82) is 0 Å². The zero-order valence-electron chi connectivity index (χ0n) is 10.7. The average Bonchev–Trinajstić information content (AvgIpc) is 2.63. The topological polar surface area (TPSA) is 72.2 Å². The number of aromatic nitrogens is 1. The number of nitrogens with one attached hydrogen (secondary N) is 1. The third-order valence-corrected chi connectivity index (χ3v) is 4.51. The first-order valence-electron chi connectivity index (χ1n) is 5.53. The zero-order chi connectivity index (χ0) is 14.2. The van der Waals surface area contributed by atoms with Gasteiger partial charge in [-0.25, -0.2) is 8.42 Å². The lowest BCUT2D eigenvalue weighted by Gasteiger charge is -2.10. The van der Waals surface area contributed by atoms with E-state index in [1.54, 1.807) is 39.0 Å². The lowest BCUT2D eigenvalue weighted by molar-refractivity contribution is 0.390. The number of anilines is 1. The van der Waals surface area contributed by atoms with Crippen LogP contribution in [0.2, 0.25) is 5.02 Å². The van der Waals surface area contributed by atoms with Crippen LogP contribution in [0.3, 0.4) is 0 Å². The predicted molar refractivity (Wildman–Crippen MR) is 73.0 cm³/mol. The molecule has 102 valence electrons. The Hall–Kier alpha value is -1.53. The van der Waals surface area contributed by atoms with E-state index in [1.165, 1.54) is 0 Å². The highest BCUT2D eigenvalue weighted by Gasteiger charge is 2.24. The highest BCUT2D eigenvalue weighted by Crippen LogP contribution is 2.25. The van der Waals surface area contributed by atoms with E-state index in [0.717, 1.165) is 5.56 Å². The normalized spacial score (nSPS) is 11.6. The maximum absolute atomic E-state index is 12.3. The molecule has 0 atom stereocenters. The summed E-state index contributed by atoms with van der Waals surface area (Å²) in [5.74, 6) is 0.261. The van der Waals surface area contributed by atoms with E-state index in [4.69, 9.17) is 16.1 Å². The molecule has 0 bridgehead atoms. The summed E-state index contributed by atoms with van der Waals surface area (Å²) in [6.07, 6.45) is 0. The molecule has 0 saturated heterocycles. The second-order valence-electron chi connectivity index (χ2n) is 4.22. The van der Waals surface area contributed by atoms with Gasteiger partial charge >= 0.3 is 0 Å². The quantitative estimate of drug-likeness (QED) is 0.945. The van der Waals surface area contributed by atoms with Gasteiger partial charge in [-0.3, -0.25) is 4.72 Å². The van der Waals surface area contributed by atoms with Crippen molar-refractivity contribution < 1.29 is 12.9 Å². The Kier molecular flexibility index (Phi) is 3.56. The number of hydrogen-bond acceptors (Lipinski definition) is 4. The highest BCUT2D eigenvalue weighted by atomic mass is 35.5. The van der Waals surface area contributed by atoms with Crippen LogP contribution in [-0.2, 0) is 10.0 Å². The largest absolute Gasteiger partial charge is 0.360 e. The number of halogens is 1. The molecule has 0 radical (unpaired) electrons. The Morgan fingerprint density at radius 2 is 1.95 bits per heavy atom. The van der Waals surface area contributed by atoms with Crippen LogP contribution < -0.4 is 4.72 Å². The molecule has 0 spiro atoms. The van der Waals surface area contributed by atoms with Gasteiger partial charge in [0.1, 0.15) is 5.69 Å². The third kappa shape index (κ3) is 2.74. The van der Waals surface area contributed by atoms with Crippen LogP contribution in [0.4, 0.5) is 5.69 Å². The summed E-state index contributed by atoms with van der Waals surface area (Å²) in [5.41, 5.74) is 1.55. The van der Waals surface area contributed by atoms with Crippen molar-refractivity contribution in [3.05, 3.63) is 40.2 Å². The molecule has 2 rings (SSSR count). The van der Waals surface area contributed by atoms with Gasteiger partial charge in [0.05, 0.1) is 5.69 Å². The fourth-order valence-corrected chi connectivity index (χ4v) is 3.48. The van der Waals surface area contributed by atoms with Crippen molar-refractivity contribution in [3.8, 4) is 0 Å². The van der Waals surface area contributed by atoms with Gasteiger partial charge in [0, 0.05) is 5.02 Å². The molecule has 1 N–H and O–H groups in total. The molecule has 19 heavy (non-hydrogen) atoms. The summed E-state index contributed by atoms with van der Waals surface area (Å²) in [6.45, 7) is 4.92. The molecule has 1 aromatic carbocycles. The van der Waals surface area contributed by atoms with Crippen LogP contribution in [0, 0.1) is 20.8 Å². The standard InChI is InChI=1S/C12H13ClN2O3S/c1-7-6-10(13)4-5-11(7)15-19(16,17)12-8(2)14-18-9(12)3/h4-6,15H,1-3H3. The van der Waals surface area contributed by atoms with Gasteiger partial charge in [0.15, 0.2) is 10.7 Å². The molecule has 2 aromatic rings. The summed E-state index contributed by atoms with van der Waals surface area (Å²) in [4.78, 5) is 0.0712. The first-order chi connectivity index (χ1) is 8.81. The second-order valence-corrected chi connectivity index (χ2v) is 6.27. The number of sulfonamides is 1. The van der Waals surface area contributed by atoms with Gasteiger partial charge in [-0.05, 0) is 44.5 Å². The fourth-order valence-electron chi connectivity index (χ4n) is 1.80. The predicted octanol–water partition coefficient (Wildman–Crippen LogP) is 3.05. The minimum Gasteiger partial charge on any atom is -0.360 e. The molecule has 0 fully saturated rings. The van der Waals surface area contributed by atoms with Crippen molar-refractivity contribution in [3.63, 3.8) is 0 Å². The van der Waals surface area contributed by atoms with Crippen LogP contribution >= 0.6 is 11.6 Å². The van der Waals surface area contributed by atoms with E-state index in [1.807, 2.05) is 0 Å². The van der Waals surface area contributed by atoms with E-state index >= 15 is 0 Å². The molecule has 0 aliphatic rings. The van der Waals surface area contributed by atoms with Crippen LogP contribution in [-0.4, -0.2) is 13.6 Å². The van der Waals surface area contributed by atoms with Gasteiger partial charge < -0.3 is 4.52 Å². The molecule has 7 heteroatoms. The zero-order valence-corrected chi connectivity index (χ0v) is 12.3. The second kappa shape index (κ2) is 4.86. The SMILES string of the molecule is Cc1cc(Cl)ccc1NS(=O)(=O)c1c(C)noc1C. The van der Waals surface area contributed by atoms with E-state index < -0.39 is 10.0 Å². The van der Waals surface area contributed by atoms with Crippen molar-refractivity contribution in [2.75, 3.05) is 4.72 Å². The molecule has 0 aliphatic carbocycles. The molecule has 0 saturated carbocycles. The molecule has 0 aliphatic heterocycles. The van der Waals surface area contributed by atoms with Gasteiger partial charge in [0.25, 0.3) is 10.0 Å². The Morgan fingerprint density at radius 3 is 2.47 bits per heavy atom. The van der Waals surface area contributed by atoms with E-state index in [0.29, 0.717) is 16.4 Å². The summed E-state index contributed by atoms with van der Waals surface area (Å²) >= 11 is 5.84. The maximum Gasteiger partial charge on any atom is 0.267 e. The molecular weight excluding hydrogens is 288 g/mol. The highest BCUT2D eigenvalue weighted by molar-refractivity contribution is 7.92.